The van der Waals surface area contributed by atoms with Gasteiger partial charge in [-0.1, -0.05) is 0 Å². The minimum Gasteiger partial charge on any atom is -0.342 e. The first-order valence-electron chi connectivity index (χ1n) is 5.20. The third-order valence-corrected chi connectivity index (χ3v) is 3.94. The number of piperidine rings is 1. The highest BCUT2D eigenvalue weighted by Gasteiger charge is 2.14. The van der Waals surface area contributed by atoms with Crippen LogP contribution in [0.3, 0.4) is 0 Å². The second kappa shape index (κ2) is 4.51. The van der Waals surface area contributed by atoms with Crippen molar-refractivity contribution in [3.05, 3.63) is 19.6 Å². The highest BCUT2D eigenvalue weighted by atomic mass is 127. The lowest BCUT2D eigenvalue weighted by molar-refractivity contribution is 0.567. The number of nitrogens with one attached hydrogen (secondary N) is 1. The monoisotopic (exact) mass is 319 g/mol. The van der Waals surface area contributed by atoms with Gasteiger partial charge < -0.3 is 4.90 Å². The van der Waals surface area contributed by atoms with E-state index in [-0.39, 0.29) is 5.56 Å². The molecular weight excluding hydrogens is 305 g/mol. The van der Waals surface area contributed by atoms with E-state index in [2.05, 4.69) is 14.9 Å². The van der Waals surface area contributed by atoms with Gasteiger partial charge in [0.15, 0.2) is 0 Å². The van der Waals surface area contributed by atoms with Gasteiger partial charge in [0.25, 0.3) is 5.56 Å². The zero-order valence-electron chi connectivity index (χ0n) is 8.72. The van der Waals surface area contributed by atoms with E-state index in [0.717, 1.165) is 24.7 Å². The summed E-state index contributed by atoms with van der Waals surface area (Å²) in [4.78, 5) is 21.0. The Morgan fingerprint density at radius 2 is 2.00 bits per heavy atom. The van der Waals surface area contributed by atoms with E-state index in [9.17, 15) is 4.79 Å². The molecule has 2 heterocycles. The van der Waals surface area contributed by atoms with Gasteiger partial charge in [-0.25, -0.2) is 4.98 Å². The van der Waals surface area contributed by atoms with Crippen LogP contribution in [0.25, 0.3) is 0 Å². The largest absolute Gasteiger partial charge is 0.342 e. The smallest absolute Gasteiger partial charge is 0.265 e. The molecule has 0 aromatic carbocycles. The minimum atomic E-state index is -0.0244. The first-order chi connectivity index (χ1) is 7.18. The van der Waals surface area contributed by atoms with Crippen molar-refractivity contribution >= 4 is 28.5 Å². The molecule has 0 unspecified atom stereocenters. The summed E-state index contributed by atoms with van der Waals surface area (Å²) in [6.07, 6.45) is 3.66. The molecule has 82 valence electrons. The zero-order chi connectivity index (χ0) is 10.8. The van der Waals surface area contributed by atoms with Gasteiger partial charge in [-0.15, -0.1) is 0 Å². The summed E-state index contributed by atoms with van der Waals surface area (Å²) < 4.78 is 0.688. The maximum Gasteiger partial charge on any atom is 0.265 e. The molecule has 0 spiro atoms. The van der Waals surface area contributed by atoms with Gasteiger partial charge in [0.2, 0.25) is 5.95 Å². The van der Waals surface area contributed by atoms with Crippen LogP contribution in [0.4, 0.5) is 5.95 Å². The van der Waals surface area contributed by atoms with Crippen LogP contribution >= 0.6 is 22.6 Å². The Balaban J connectivity index is 2.32. The van der Waals surface area contributed by atoms with Gasteiger partial charge in [0.1, 0.15) is 0 Å². The Hall–Kier alpha value is -0.590. The van der Waals surface area contributed by atoms with Crippen molar-refractivity contribution in [2.75, 3.05) is 18.0 Å². The maximum atomic E-state index is 11.6. The van der Waals surface area contributed by atoms with E-state index < -0.39 is 0 Å². The van der Waals surface area contributed by atoms with E-state index in [0.29, 0.717) is 3.57 Å². The highest BCUT2D eigenvalue weighted by molar-refractivity contribution is 14.1. The number of nitrogens with zero attached hydrogens (tertiary/aromatic N) is 2. The van der Waals surface area contributed by atoms with Crippen LogP contribution in [0.5, 0.6) is 0 Å². The Morgan fingerprint density at radius 3 is 2.60 bits per heavy atom. The van der Waals surface area contributed by atoms with Gasteiger partial charge in [-0.3, -0.25) is 9.78 Å². The molecule has 1 aromatic heterocycles. The number of aromatic nitrogens is 2. The molecular formula is C10H14IN3O. The quantitative estimate of drug-likeness (QED) is 0.801. The molecule has 0 aliphatic carbocycles. The minimum absolute atomic E-state index is 0.0244. The Labute approximate surface area is 102 Å². The van der Waals surface area contributed by atoms with Gasteiger partial charge in [0.05, 0.1) is 9.26 Å². The van der Waals surface area contributed by atoms with E-state index in [4.69, 9.17) is 0 Å². The Morgan fingerprint density at radius 1 is 1.33 bits per heavy atom. The molecule has 1 N–H and O–H groups in total. The van der Waals surface area contributed by atoms with E-state index in [1.807, 2.05) is 29.5 Å². The second-order valence-electron chi connectivity index (χ2n) is 3.84. The van der Waals surface area contributed by atoms with Crippen LogP contribution in [0, 0.1) is 10.5 Å². The van der Waals surface area contributed by atoms with Crippen molar-refractivity contribution in [1.29, 1.82) is 0 Å². The molecule has 1 aliphatic rings. The van der Waals surface area contributed by atoms with Crippen LogP contribution in [0.15, 0.2) is 4.79 Å². The third kappa shape index (κ3) is 2.32. The predicted molar refractivity (Wildman–Crippen MR) is 68.4 cm³/mol. The summed E-state index contributed by atoms with van der Waals surface area (Å²) in [6, 6.07) is 0. The highest BCUT2D eigenvalue weighted by Crippen LogP contribution is 2.15. The molecule has 0 saturated carbocycles. The lowest BCUT2D eigenvalue weighted by atomic mass is 10.1. The standard InChI is InChI=1S/C10H14IN3O/c1-7-8(11)9(15)13-10(12-7)14-5-3-2-4-6-14/h2-6H2,1H3,(H,12,13,15). The molecule has 1 aliphatic heterocycles. The molecule has 0 bridgehead atoms. The molecule has 0 atom stereocenters. The summed E-state index contributed by atoms with van der Waals surface area (Å²) in [5.74, 6) is 0.734. The van der Waals surface area contributed by atoms with Gasteiger partial charge in [-0.2, -0.15) is 0 Å². The number of aromatic amines is 1. The molecule has 1 saturated heterocycles. The number of halogens is 1. The number of rotatable bonds is 1. The van der Waals surface area contributed by atoms with Crippen molar-refractivity contribution in [1.82, 2.24) is 9.97 Å². The van der Waals surface area contributed by atoms with E-state index in [1.54, 1.807) is 0 Å². The van der Waals surface area contributed by atoms with Gasteiger partial charge in [0, 0.05) is 13.1 Å². The average Bonchev–Trinajstić information content (AvgIpc) is 2.26. The first-order valence-corrected chi connectivity index (χ1v) is 6.28. The molecule has 0 amide bonds. The van der Waals surface area contributed by atoms with Crippen molar-refractivity contribution in [3.8, 4) is 0 Å². The van der Waals surface area contributed by atoms with Crippen molar-refractivity contribution in [3.63, 3.8) is 0 Å². The van der Waals surface area contributed by atoms with Gasteiger partial charge >= 0.3 is 0 Å². The number of anilines is 1. The molecule has 0 radical (unpaired) electrons. The predicted octanol–water partition coefficient (Wildman–Crippen LogP) is 1.67. The van der Waals surface area contributed by atoms with Crippen LogP contribution in [0.2, 0.25) is 0 Å². The summed E-state index contributed by atoms with van der Waals surface area (Å²) in [5.41, 5.74) is 0.795. The van der Waals surface area contributed by atoms with Crippen LogP contribution in [0.1, 0.15) is 25.0 Å². The third-order valence-electron chi connectivity index (χ3n) is 2.67. The molecule has 4 nitrogen and oxygen atoms in total. The topological polar surface area (TPSA) is 49.0 Å². The Bertz CT molecular complexity index is 410. The first kappa shape index (κ1) is 10.9. The Kier molecular flexibility index (Phi) is 3.28. The summed E-state index contributed by atoms with van der Waals surface area (Å²) >= 11 is 2.03. The van der Waals surface area contributed by atoms with Gasteiger partial charge in [-0.05, 0) is 48.8 Å². The fourth-order valence-corrected chi connectivity index (χ4v) is 2.07. The molecule has 1 aromatic rings. The SMILES string of the molecule is Cc1nc(N2CCCCC2)[nH]c(=O)c1I. The number of hydrogen-bond donors (Lipinski definition) is 1. The van der Waals surface area contributed by atoms with Crippen molar-refractivity contribution in [2.24, 2.45) is 0 Å². The lowest BCUT2D eigenvalue weighted by Gasteiger charge is -2.27. The van der Waals surface area contributed by atoms with Crippen LogP contribution in [-0.2, 0) is 0 Å². The molecule has 1 fully saturated rings. The van der Waals surface area contributed by atoms with E-state index >= 15 is 0 Å². The maximum absolute atomic E-state index is 11.6. The zero-order valence-corrected chi connectivity index (χ0v) is 10.9. The summed E-state index contributed by atoms with van der Waals surface area (Å²) in [5, 5.41) is 0. The molecule has 5 heteroatoms. The number of H-pyrrole nitrogens is 1. The summed E-state index contributed by atoms with van der Waals surface area (Å²) in [6.45, 7) is 3.89. The fourth-order valence-electron chi connectivity index (χ4n) is 1.81. The lowest BCUT2D eigenvalue weighted by Crippen LogP contribution is -2.33. The second-order valence-corrected chi connectivity index (χ2v) is 4.92. The van der Waals surface area contributed by atoms with Crippen molar-refractivity contribution < 1.29 is 0 Å². The normalized spacial score (nSPS) is 16.8. The number of hydrogen-bond acceptors (Lipinski definition) is 3. The molecule has 15 heavy (non-hydrogen) atoms. The van der Waals surface area contributed by atoms with Crippen molar-refractivity contribution in [2.45, 2.75) is 26.2 Å². The average molecular weight is 319 g/mol. The molecule has 2 rings (SSSR count). The number of aryl methyl sites for hydroxylation is 1. The summed E-state index contributed by atoms with van der Waals surface area (Å²) in [7, 11) is 0. The van der Waals surface area contributed by atoms with E-state index in [1.165, 1.54) is 19.3 Å². The van der Waals surface area contributed by atoms with Crippen LogP contribution in [-0.4, -0.2) is 23.1 Å². The van der Waals surface area contributed by atoms with Crippen LogP contribution < -0.4 is 10.5 Å². The fraction of sp³-hybridized carbons (Fsp3) is 0.600.